The molecule has 0 aromatic heterocycles. The summed E-state index contributed by atoms with van der Waals surface area (Å²) in [6, 6.07) is 10.1. The number of hydrogen-bond donors (Lipinski definition) is 1. The van der Waals surface area contributed by atoms with Crippen molar-refractivity contribution >= 4 is 5.91 Å². The van der Waals surface area contributed by atoms with E-state index in [0.717, 1.165) is 17.7 Å². The first kappa shape index (κ1) is 15.8. The molecule has 1 amide bonds. The summed E-state index contributed by atoms with van der Waals surface area (Å²) in [5.74, 6) is -1.49. The lowest BCUT2D eigenvalue weighted by Crippen LogP contribution is -2.28. The fourth-order valence-electron chi connectivity index (χ4n) is 1.83. The van der Waals surface area contributed by atoms with Crippen LogP contribution in [-0.4, -0.2) is 19.6 Å². The maximum atomic E-state index is 13.3. The average Bonchev–Trinajstić information content (AvgIpc) is 2.52. The maximum absolute atomic E-state index is 13.3. The Hall–Kier alpha value is -2.63. The number of amides is 1. The van der Waals surface area contributed by atoms with E-state index >= 15 is 0 Å². The van der Waals surface area contributed by atoms with Gasteiger partial charge in [0.1, 0.15) is 11.6 Å². The molecule has 0 atom stereocenters. The van der Waals surface area contributed by atoms with E-state index in [-0.39, 0.29) is 18.9 Å². The number of ether oxygens (including phenoxy) is 2. The van der Waals surface area contributed by atoms with Gasteiger partial charge in [0.25, 0.3) is 5.91 Å². The number of para-hydroxylation sites is 1. The fourth-order valence-corrected chi connectivity index (χ4v) is 1.83. The number of methoxy groups -OCH3 is 1. The summed E-state index contributed by atoms with van der Waals surface area (Å²) < 4.78 is 36.3. The van der Waals surface area contributed by atoms with Crippen molar-refractivity contribution in [3.63, 3.8) is 0 Å². The highest BCUT2D eigenvalue weighted by Gasteiger charge is 2.09. The minimum atomic E-state index is -0.850. The highest BCUT2D eigenvalue weighted by Crippen LogP contribution is 2.18. The highest BCUT2D eigenvalue weighted by molar-refractivity contribution is 5.77. The Morgan fingerprint density at radius 3 is 2.64 bits per heavy atom. The van der Waals surface area contributed by atoms with Gasteiger partial charge >= 0.3 is 0 Å². The predicted molar refractivity (Wildman–Crippen MR) is 76.7 cm³/mol. The molecule has 0 aliphatic rings. The van der Waals surface area contributed by atoms with Gasteiger partial charge in [-0.15, -0.1) is 0 Å². The molecule has 2 aromatic rings. The van der Waals surface area contributed by atoms with Gasteiger partial charge in [0, 0.05) is 18.2 Å². The number of benzene rings is 2. The number of halogens is 2. The zero-order valence-corrected chi connectivity index (χ0v) is 11.9. The van der Waals surface area contributed by atoms with Gasteiger partial charge in [0.05, 0.1) is 7.11 Å². The van der Waals surface area contributed by atoms with Crippen molar-refractivity contribution in [3.05, 3.63) is 59.7 Å². The van der Waals surface area contributed by atoms with Gasteiger partial charge in [0.2, 0.25) is 0 Å². The summed E-state index contributed by atoms with van der Waals surface area (Å²) in [4.78, 5) is 11.7. The van der Waals surface area contributed by atoms with Crippen molar-refractivity contribution < 1.29 is 23.0 Å². The summed E-state index contributed by atoms with van der Waals surface area (Å²) in [5, 5.41) is 2.63. The van der Waals surface area contributed by atoms with Gasteiger partial charge in [-0.05, 0) is 18.2 Å². The van der Waals surface area contributed by atoms with E-state index < -0.39 is 17.5 Å². The second-order valence-electron chi connectivity index (χ2n) is 4.45. The highest BCUT2D eigenvalue weighted by atomic mass is 19.1. The van der Waals surface area contributed by atoms with Gasteiger partial charge in [-0.2, -0.15) is 0 Å². The summed E-state index contributed by atoms with van der Waals surface area (Å²) >= 11 is 0. The van der Waals surface area contributed by atoms with Gasteiger partial charge in [-0.25, -0.2) is 8.78 Å². The number of nitrogens with one attached hydrogen (secondary N) is 1. The van der Waals surface area contributed by atoms with E-state index in [1.165, 1.54) is 0 Å². The molecule has 0 saturated carbocycles. The first-order valence-corrected chi connectivity index (χ1v) is 6.56. The Kier molecular flexibility index (Phi) is 5.30. The first-order valence-electron chi connectivity index (χ1n) is 6.56. The number of carbonyl (C=O) groups is 1. The lowest BCUT2D eigenvalue weighted by Gasteiger charge is -2.10. The normalized spacial score (nSPS) is 10.1. The van der Waals surface area contributed by atoms with E-state index in [9.17, 15) is 13.6 Å². The Morgan fingerprint density at radius 2 is 1.91 bits per heavy atom. The molecule has 1 N–H and O–H groups in total. The van der Waals surface area contributed by atoms with Crippen LogP contribution >= 0.6 is 0 Å². The van der Waals surface area contributed by atoms with E-state index in [1.54, 1.807) is 13.2 Å². The van der Waals surface area contributed by atoms with Crippen molar-refractivity contribution in [2.24, 2.45) is 0 Å². The molecule has 0 bridgehead atoms. The summed E-state index contributed by atoms with van der Waals surface area (Å²) in [5.41, 5.74) is 0.811. The molecular formula is C16H15F2NO3. The van der Waals surface area contributed by atoms with Crippen molar-refractivity contribution in [1.29, 1.82) is 0 Å². The monoisotopic (exact) mass is 307 g/mol. The van der Waals surface area contributed by atoms with Crippen molar-refractivity contribution in [2.75, 3.05) is 13.7 Å². The molecule has 0 aliphatic carbocycles. The largest absolute Gasteiger partial charge is 0.496 e. The predicted octanol–water partition coefficient (Wildman–Crippen LogP) is 2.67. The smallest absolute Gasteiger partial charge is 0.258 e. The third-order valence-electron chi connectivity index (χ3n) is 2.92. The molecule has 116 valence electrons. The molecule has 6 heteroatoms. The van der Waals surface area contributed by atoms with Crippen LogP contribution in [0.3, 0.4) is 0 Å². The first-order chi connectivity index (χ1) is 10.6. The van der Waals surface area contributed by atoms with Crippen LogP contribution in [0, 0.1) is 11.6 Å². The maximum Gasteiger partial charge on any atom is 0.258 e. The SMILES string of the molecule is COc1ccccc1CNC(=O)COc1ccc(F)cc1F. The van der Waals surface area contributed by atoms with Gasteiger partial charge in [-0.1, -0.05) is 18.2 Å². The van der Waals surface area contributed by atoms with Crippen LogP contribution in [0.4, 0.5) is 8.78 Å². The van der Waals surface area contributed by atoms with Crippen molar-refractivity contribution in [2.45, 2.75) is 6.54 Å². The molecule has 0 spiro atoms. The second-order valence-corrected chi connectivity index (χ2v) is 4.45. The van der Waals surface area contributed by atoms with E-state index in [4.69, 9.17) is 9.47 Å². The average molecular weight is 307 g/mol. The molecule has 0 fully saturated rings. The molecule has 0 aliphatic heterocycles. The zero-order valence-electron chi connectivity index (χ0n) is 11.9. The molecular weight excluding hydrogens is 292 g/mol. The van der Waals surface area contributed by atoms with Gasteiger partial charge in [0.15, 0.2) is 18.2 Å². The molecule has 2 rings (SSSR count). The molecule has 0 saturated heterocycles. The Morgan fingerprint density at radius 1 is 1.14 bits per heavy atom. The van der Waals surface area contributed by atoms with Crippen molar-refractivity contribution in [1.82, 2.24) is 5.32 Å². The van der Waals surface area contributed by atoms with Crippen LogP contribution in [-0.2, 0) is 11.3 Å². The van der Waals surface area contributed by atoms with Crippen LogP contribution in [0.25, 0.3) is 0 Å². The number of rotatable bonds is 6. The van der Waals surface area contributed by atoms with Crippen molar-refractivity contribution in [3.8, 4) is 11.5 Å². The van der Waals surface area contributed by atoms with Crippen LogP contribution in [0.1, 0.15) is 5.56 Å². The van der Waals surface area contributed by atoms with Crippen LogP contribution in [0.2, 0.25) is 0 Å². The Balaban J connectivity index is 1.85. The number of carbonyl (C=O) groups excluding carboxylic acids is 1. The molecule has 22 heavy (non-hydrogen) atoms. The van der Waals surface area contributed by atoms with Crippen LogP contribution in [0.15, 0.2) is 42.5 Å². The minimum Gasteiger partial charge on any atom is -0.496 e. The topological polar surface area (TPSA) is 47.6 Å². The second kappa shape index (κ2) is 7.40. The Bertz CT molecular complexity index is 662. The molecule has 0 radical (unpaired) electrons. The molecule has 4 nitrogen and oxygen atoms in total. The summed E-state index contributed by atoms with van der Waals surface area (Å²) in [7, 11) is 1.54. The van der Waals surface area contributed by atoms with Crippen LogP contribution in [0.5, 0.6) is 11.5 Å². The zero-order chi connectivity index (χ0) is 15.9. The van der Waals surface area contributed by atoms with Crippen LogP contribution < -0.4 is 14.8 Å². The molecule has 0 heterocycles. The lowest BCUT2D eigenvalue weighted by molar-refractivity contribution is -0.123. The quantitative estimate of drug-likeness (QED) is 0.892. The Labute approximate surface area is 126 Å². The minimum absolute atomic E-state index is 0.172. The van der Waals surface area contributed by atoms with E-state index in [0.29, 0.717) is 11.8 Å². The van der Waals surface area contributed by atoms with E-state index in [2.05, 4.69) is 5.32 Å². The van der Waals surface area contributed by atoms with Gasteiger partial charge in [-0.3, -0.25) is 4.79 Å². The lowest BCUT2D eigenvalue weighted by atomic mass is 10.2. The van der Waals surface area contributed by atoms with E-state index in [1.807, 2.05) is 18.2 Å². The summed E-state index contributed by atoms with van der Waals surface area (Å²) in [6.45, 7) is -0.101. The third-order valence-corrected chi connectivity index (χ3v) is 2.92. The molecule has 2 aromatic carbocycles. The number of hydrogen-bond acceptors (Lipinski definition) is 3. The van der Waals surface area contributed by atoms with Gasteiger partial charge < -0.3 is 14.8 Å². The fraction of sp³-hybridized carbons (Fsp3) is 0.188. The standard InChI is InChI=1S/C16H15F2NO3/c1-21-14-5-3-2-4-11(14)9-19-16(20)10-22-15-7-6-12(17)8-13(15)18/h2-8H,9-10H2,1H3,(H,19,20). The molecule has 0 unspecified atom stereocenters. The third kappa shape index (κ3) is 4.18. The summed E-state index contributed by atoms with van der Waals surface area (Å²) in [6.07, 6.45) is 0.